The zero-order chi connectivity index (χ0) is 14.4. The van der Waals surface area contributed by atoms with Gasteiger partial charge in [0.15, 0.2) is 0 Å². The molecule has 1 unspecified atom stereocenters. The molecule has 5 heteroatoms. The highest BCUT2D eigenvalue weighted by molar-refractivity contribution is 5.27. The Morgan fingerprint density at radius 1 is 1.30 bits per heavy atom. The van der Waals surface area contributed by atoms with Crippen LogP contribution in [0.4, 0.5) is 0 Å². The number of nitrogens with two attached hydrogens (primary N) is 1. The molecular formula is C15H22N4O. The minimum atomic E-state index is 0.251. The summed E-state index contributed by atoms with van der Waals surface area (Å²) < 4.78 is 6.97. The predicted octanol–water partition coefficient (Wildman–Crippen LogP) is 1.44. The molecule has 0 bridgehead atoms. The highest BCUT2D eigenvalue weighted by Crippen LogP contribution is 2.14. The lowest BCUT2D eigenvalue weighted by atomic mass is 10.0. The molecule has 0 spiro atoms. The number of ether oxygens (including phenoxy) is 1. The first-order valence-electron chi connectivity index (χ1n) is 6.78. The van der Waals surface area contributed by atoms with E-state index in [0.717, 1.165) is 25.0 Å². The molecule has 0 fully saturated rings. The molecule has 0 saturated carbocycles. The molecule has 108 valence electrons. The largest absolute Gasteiger partial charge is 0.497 e. The molecule has 1 atom stereocenters. The number of methoxy groups -OCH3 is 1. The van der Waals surface area contributed by atoms with E-state index in [2.05, 4.69) is 22.7 Å². The smallest absolute Gasteiger partial charge is 0.118 e. The quantitative estimate of drug-likeness (QED) is 0.592. The summed E-state index contributed by atoms with van der Waals surface area (Å²) in [5.74, 6) is 6.53. The number of benzene rings is 1. The lowest BCUT2D eigenvalue weighted by molar-refractivity contribution is 0.414. The third-order valence-electron chi connectivity index (χ3n) is 3.42. The fourth-order valence-electron chi connectivity index (χ4n) is 2.24. The predicted molar refractivity (Wildman–Crippen MR) is 79.3 cm³/mol. The highest BCUT2D eigenvalue weighted by atomic mass is 16.5. The van der Waals surface area contributed by atoms with Crippen LogP contribution in [0.2, 0.25) is 0 Å². The third-order valence-corrected chi connectivity index (χ3v) is 3.42. The SMILES string of the molecule is COc1ccc(CCC(Cc2cnn(C)c2)NN)cc1. The van der Waals surface area contributed by atoms with Crippen molar-refractivity contribution in [3.63, 3.8) is 0 Å². The summed E-state index contributed by atoms with van der Waals surface area (Å²) in [6, 6.07) is 8.41. The molecule has 0 radical (unpaired) electrons. The second-order valence-electron chi connectivity index (χ2n) is 4.98. The Balaban J connectivity index is 1.86. The van der Waals surface area contributed by atoms with E-state index in [0.29, 0.717) is 0 Å². The summed E-state index contributed by atoms with van der Waals surface area (Å²) in [6.45, 7) is 0. The number of aromatic nitrogens is 2. The molecule has 0 aliphatic heterocycles. The maximum absolute atomic E-state index is 5.64. The van der Waals surface area contributed by atoms with Crippen molar-refractivity contribution in [2.75, 3.05) is 7.11 Å². The Bertz CT molecular complexity index is 521. The van der Waals surface area contributed by atoms with Crippen LogP contribution in [-0.4, -0.2) is 22.9 Å². The molecule has 20 heavy (non-hydrogen) atoms. The third kappa shape index (κ3) is 4.08. The molecular weight excluding hydrogens is 252 g/mol. The van der Waals surface area contributed by atoms with Gasteiger partial charge in [0.2, 0.25) is 0 Å². The van der Waals surface area contributed by atoms with Gasteiger partial charge in [0.25, 0.3) is 0 Å². The molecule has 2 aromatic rings. The summed E-state index contributed by atoms with van der Waals surface area (Å²) in [5, 5.41) is 4.18. The fourth-order valence-corrected chi connectivity index (χ4v) is 2.24. The Hall–Kier alpha value is -1.85. The van der Waals surface area contributed by atoms with Crippen LogP contribution in [0.15, 0.2) is 36.7 Å². The monoisotopic (exact) mass is 274 g/mol. The van der Waals surface area contributed by atoms with Crippen LogP contribution in [0, 0.1) is 0 Å². The van der Waals surface area contributed by atoms with Crippen LogP contribution in [0.25, 0.3) is 0 Å². The van der Waals surface area contributed by atoms with Gasteiger partial charge < -0.3 is 4.74 Å². The molecule has 0 aliphatic carbocycles. The minimum absolute atomic E-state index is 0.251. The number of nitrogens with zero attached hydrogens (tertiary/aromatic N) is 2. The van der Waals surface area contributed by atoms with Gasteiger partial charge in [0, 0.05) is 19.3 Å². The van der Waals surface area contributed by atoms with Gasteiger partial charge in [0.1, 0.15) is 5.75 Å². The van der Waals surface area contributed by atoms with Crippen molar-refractivity contribution < 1.29 is 4.74 Å². The summed E-state index contributed by atoms with van der Waals surface area (Å²) in [4.78, 5) is 0. The number of hydrazine groups is 1. The lowest BCUT2D eigenvalue weighted by Crippen LogP contribution is -2.37. The van der Waals surface area contributed by atoms with E-state index in [1.807, 2.05) is 36.3 Å². The van der Waals surface area contributed by atoms with E-state index >= 15 is 0 Å². The lowest BCUT2D eigenvalue weighted by Gasteiger charge is -2.15. The van der Waals surface area contributed by atoms with E-state index < -0.39 is 0 Å². The van der Waals surface area contributed by atoms with Gasteiger partial charge >= 0.3 is 0 Å². The van der Waals surface area contributed by atoms with E-state index in [-0.39, 0.29) is 6.04 Å². The summed E-state index contributed by atoms with van der Waals surface area (Å²) in [5.41, 5.74) is 5.38. The van der Waals surface area contributed by atoms with Gasteiger partial charge in [-0.05, 0) is 42.5 Å². The number of rotatable bonds is 7. The van der Waals surface area contributed by atoms with Crippen molar-refractivity contribution >= 4 is 0 Å². The molecule has 1 heterocycles. The summed E-state index contributed by atoms with van der Waals surface area (Å²) in [7, 11) is 3.60. The number of hydrogen-bond acceptors (Lipinski definition) is 4. The summed E-state index contributed by atoms with van der Waals surface area (Å²) in [6.07, 6.45) is 6.77. The van der Waals surface area contributed by atoms with E-state index in [1.54, 1.807) is 7.11 Å². The van der Waals surface area contributed by atoms with Crippen LogP contribution in [0.5, 0.6) is 5.75 Å². The van der Waals surface area contributed by atoms with Gasteiger partial charge in [-0.2, -0.15) is 5.10 Å². The van der Waals surface area contributed by atoms with Gasteiger partial charge in [-0.1, -0.05) is 12.1 Å². The van der Waals surface area contributed by atoms with Crippen molar-refractivity contribution in [2.45, 2.75) is 25.3 Å². The van der Waals surface area contributed by atoms with Gasteiger partial charge in [-0.15, -0.1) is 0 Å². The number of hydrogen-bond donors (Lipinski definition) is 2. The molecule has 5 nitrogen and oxygen atoms in total. The molecule has 2 rings (SSSR count). The minimum Gasteiger partial charge on any atom is -0.497 e. The maximum Gasteiger partial charge on any atom is 0.118 e. The molecule has 0 amide bonds. The second kappa shape index (κ2) is 7.07. The van der Waals surface area contributed by atoms with E-state index in [9.17, 15) is 0 Å². The number of aryl methyl sites for hydroxylation is 2. The fraction of sp³-hybridized carbons (Fsp3) is 0.400. The van der Waals surface area contributed by atoms with Crippen molar-refractivity contribution in [3.8, 4) is 5.75 Å². The zero-order valence-electron chi connectivity index (χ0n) is 12.0. The summed E-state index contributed by atoms with van der Waals surface area (Å²) >= 11 is 0. The van der Waals surface area contributed by atoms with Crippen LogP contribution in [0.1, 0.15) is 17.5 Å². The van der Waals surface area contributed by atoms with Crippen molar-refractivity contribution in [1.29, 1.82) is 0 Å². The topological polar surface area (TPSA) is 65.1 Å². The molecule has 1 aromatic carbocycles. The van der Waals surface area contributed by atoms with Gasteiger partial charge in [-0.25, -0.2) is 0 Å². The highest BCUT2D eigenvalue weighted by Gasteiger charge is 2.09. The van der Waals surface area contributed by atoms with Crippen molar-refractivity contribution in [2.24, 2.45) is 12.9 Å². The van der Waals surface area contributed by atoms with Crippen molar-refractivity contribution in [3.05, 3.63) is 47.8 Å². The standard InChI is InChI=1S/C15H22N4O/c1-19-11-13(10-17-19)9-14(18-16)6-3-12-4-7-15(20-2)8-5-12/h4-5,7-8,10-11,14,18H,3,6,9,16H2,1-2H3. The average molecular weight is 274 g/mol. The normalized spacial score (nSPS) is 12.3. The first-order valence-corrected chi connectivity index (χ1v) is 6.78. The Labute approximate surface area is 119 Å². The van der Waals surface area contributed by atoms with Crippen LogP contribution < -0.4 is 16.0 Å². The molecule has 0 saturated heterocycles. The van der Waals surface area contributed by atoms with Gasteiger partial charge in [-0.3, -0.25) is 16.0 Å². The number of nitrogens with one attached hydrogen (secondary N) is 1. The van der Waals surface area contributed by atoms with Crippen molar-refractivity contribution in [1.82, 2.24) is 15.2 Å². The first kappa shape index (κ1) is 14.6. The molecule has 3 N–H and O–H groups in total. The average Bonchev–Trinajstić information content (AvgIpc) is 2.89. The second-order valence-corrected chi connectivity index (χ2v) is 4.98. The Kier molecular flexibility index (Phi) is 5.15. The molecule has 0 aliphatic rings. The zero-order valence-corrected chi connectivity index (χ0v) is 12.0. The van der Waals surface area contributed by atoms with E-state index in [1.165, 1.54) is 11.1 Å². The van der Waals surface area contributed by atoms with E-state index in [4.69, 9.17) is 10.6 Å². The first-order chi connectivity index (χ1) is 9.71. The Morgan fingerprint density at radius 2 is 2.05 bits per heavy atom. The molecule has 1 aromatic heterocycles. The van der Waals surface area contributed by atoms with Crippen LogP contribution in [-0.2, 0) is 19.9 Å². The van der Waals surface area contributed by atoms with Crippen LogP contribution >= 0.6 is 0 Å². The van der Waals surface area contributed by atoms with Gasteiger partial charge in [0.05, 0.1) is 13.3 Å². The van der Waals surface area contributed by atoms with Crippen LogP contribution in [0.3, 0.4) is 0 Å². The Morgan fingerprint density at radius 3 is 2.60 bits per heavy atom. The maximum atomic E-state index is 5.64.